The number of amides is 1. The second kappa shape index (κ2) is 8.70. The summed E-state index contributed by atoms with van der Waals surface area (Å²) in [6.07, 6.45) is 0.141. The second-order valence-electron chi connectivity index (χ2n) is 3.89. The molecule has 0 aliphatic heterocycles. The van der Waals surface area contributed by atoms with E-state index in [0.717, 1.165) is 0 Å². The van der Waals surface area contributed by atoms with Crippen LogP contribution in [0.2, 0.25) is 0 Å². The highest BCUT2D eigenvalue weighted by atomic mass is 19.1. The maximum absolute atomic E-state index is 12.6. The number of ether oxygens (including phenoxy) is 1. The molecule has 0 fully saturated rings. The molecule has 0 atom stereocenters. The van der Waals surface area contributed by atoms with Crippen LogP contribution in [0.3, 0.4) is 0 Å². The van der Waals surface area contributed by atoms with Gasteiger partial charge in [-0.1, -0.05) is 11.8 Å². The lowest BCUT2D eigenvalue weighted by Crippen LogP contribution is -2.24. The Morgan fingerprint density at radius 2 is 1.95 bits per heavy atom. The first-order chi connectivity index (χ1) is 9.61. The molecule has 1 rings (SSSR count). The maximum atomic E-state index is 12.6. The number of carbonyl (C=O) groups is 2. The zero-order valence-electron chi connectivity index (χ0n) is 11.2. The minimum absolute atomic E-state index is 0.0606. The first kappa shape index (κ1) is 15.7. The number of esters is 1. The van der Waals surface area contributed by atoms with Crippen LogP contribution in [-0.4, -0.2) is 25.0 Å². The molecule has 0 unspecified atom stereocenters. The molecular weight excluding hydrogens is 261 g/mol. The van der Waals surface area contributed by atoms with Crippen molar-refractivity contribution >= 4 is 11.9 Å². The van der Waals surface area contributed by atoms with E-state index in [-0.39, 0.29) is 37.1 Å². The fourth-order valence-electron chi connectivity index (χ4n) is 1.36. The predicted octanol–water partition coefficient (Wildman–Crippen LogP) is 1.64. The van der Waals surface area contributed by atoms with Crippen LogP contribution >= 0.6 is 0 Å². The van der Waals surface area contributed by atoms with Crippen LogP contribution in [0.25, 0.3) is 0 Å². The number of hydrogen-bond donors (Lipinski definition) is 1. The molecule has 0 spiro atoms. The summed E-state index contributed by atoms with van der Waals surface area (Å²) in [6.45, 7) is 2.20. The molecule has 1 aromatic carbocycles. The fourth-order valence-corrected chi connectivity index (χ4v) is 1.36. The zero-order chi connectivity index (χ0) is 14.8. The lowest BCUT2D eigenvalue weighted by Gasteiger charge is -2.01. The number of hydrogen-bond acceptors (Lipinski definition) is 3. The summed E-state index contributed by atoms with van der Waals surface area (Å²) in [6, 6.07) is 5.76. The van der Waals surface area contributed by atoms with Gasteiger partial charge in [-0.25, -0.2) is 4.39 Å². The third kappa shape index (κ3) is 6.55. The normalized spacial score (nSPS) is 9.30. The molecule has 20 heavy (non-hydrogen) atoms. The summed E-state index contributed by atoms with van der Waals surface area (Å²) in [7, 11) is 0. The molecule has 1 N–H and O–H groups in total. The molecule has 0 saturated heterocycles. The van der Waals surface area contributed by atoms with Crippen molar-refractivity contribution in [1.29, 1.82) is 0 Å². The largest absolute Gasteiger partial charge is 0.466 e. The van der Waals surface area contributed by atoms with Gasteiger partial charge in [0.25, 0.3) is 0 Å². The number of benzene rings is 1. The minimum Gasteiger partial charge on any atom is -0.466 e. The molecule has 0 radical (unpaired) electrons. The van der Waals surface area contributed by atoms with Gasteiger partial charge in [0.15, 0.2) is 0 Å². The molecule has 106 valence electrons. The third-order valence-electron chi connectivity index (χ3n) is 2.31. The summed E-state index contributed by atoms with van der Waals surface area (Å²) < 4.78 is 17.4. The van der Waals surface area contributed by atoms with Crippen molar-refractivity contribution in [3.63, 3.8) is 0 Å². The molecule has 0 aromatic heterocycles. The third-order valence-corrected chi connectivity index (χ3v) is 2.31. The number of rotatable bonds is 5. The molecule has 0 bridgehead atoms. The molecule has 0 saturated carbocycles. The van der Waals surface area contributed by atoms with Crippen molar-refractivity contribution in [2.75, 3.05) is 13.2 Å². The Bertz CT molecular complexity index is 514. The summed E-state index contributed by atoms with van der Waals surface area (Å²) in [5.41, 5.74) is 0.673. The van der Waals surface area contributed by atoms with Gasteiger partial charge in [0.05, 0.1) is 19.6 Å². The Morgan fingerprint density at radius 1 is 1.25 bits per heavy atom. The van der Waals surface area contributed by atoms with Crippen LogP contribution in [0.1, 0.15) is 25.3 Å². The summed E-state index contributed by atoms with van der Waals surface area (Å²) >= 11 is 0. The molecule has 4 nitrogen and oxygen atoms in total. The van der Waals surface area contributed by atoms with Crippen LogP contribution in [-0.2, 0) is 14.3 Å². The Balaban J connectivity index is 2.25. The van der Waals surface area contributed by atoms with E-state index >= 15 is 0 Å². The van der Waals surface area contributed by atoms with Crippen molar-refractivity contribution in [3.05, 3.63) is 35.6 Å². The van der Waals surface area contributed by atoms with Crippen LogP contribution in [0, 0.1) is 17.7 Å². The molecule has 0 aliphatic rings. The van der Waals surface area contributed by atoms with Crippen molar-refractivity contribution < 1.29 is 18.7 Å². The lowest BCUT2D eigenvalue weighted by atomic mass is 10.2. The van der Waals surface area contributed by atoms with Crippen LogP contribution in [0.4, 0.5) is 4.39 Å². The molecule has 5 heteroatoms. The quantitative estimate of drug-likeness (QED) is 0.657. The summed E-state index contributed by atoms with van der Waals surface area (Å²) in [5.74, 6) is 4.57. The smallest absolute Gasteiger partial charge is 0.306 e. The van der Waals surface area contributed by atoms with Crippen LogP contribution in [0.15, 0.2) is 24.3 Å². The molecule has 1 aromatic rings. The average molecular weight is 277 g/mol. The maximum Gasteiger partial charge on any atom is 0.306 e. The molecule has 0 aliphatic carbocycles. The van der Waals surface area contributed by atoms with Gasteiger partial charge >= 0.3 is 5.97 Å². The highest BCUT2D eigenvalue weighted by Gasteiger charge is 2.05. The van der Waals surface area contributed by atoms with Gasteiger partial charge in [-0.05, 0) is 31.2 Å². The van der Waals surface area contributed by atoms with E-state index in [4.69, 9.17) is 4.74 Å². The highest BCUT2D eigenvalue weighted by Crippen LogP contribution is 2.00. The Hall–Kier alpha value is -2.35. The van der Waals surface area contributed by atoms with Gasteiger partial charge in [-0.3, -0.25) is 9.59 Å². The Morgan fingerprint density at radius 3 is 2.60 bits per heavy atom. The zero-order valence-corrected chi connectivity index (χ0v) is 11.2. The highest BCUT2D eigenvalue weighted by molar-refractivity contribution is 5.81. The van der Waals surface area contributed by atoms with Gasteiger partial charge in [-0.2, -0.15) is 0 Å². The van der Waals surface area contributed by atoms with E-state index in [9.17, 15) is 14.0 Å². The number of nitrogens with one attached hydrogen (secondary N) is 1. The van der Waals surface area contributed by atoms with Gasteiger partial charge < -0.3 is 10.1 Å². The van der Waals surface area contributed by atoms with Gasteiger partial charge in [-0.15, -0.1) is 0 Å². The van der Waals surface area contributed by atoms with E-state index in [1.165, 1.54) is 12.1 Å². The van der Waals surface area contributed by atoms with Gasteiger partial charge in [0.2, 0.25) is 5.91 Å². The second-order valence-corrected chi connectivity index (χ2v) is 3.89. The van der Waals surface area contributed by atoms with E-state index in [1.54, 1.807) is 19.1 Å². The monoisotopic (exact) mass is 277 g/mol. The average Bonchev–Trinajstić information content (AvgIpc) is 2.43. The van der Waals surface area contributed by atoms with E-state index in [2.05, 4.69) is 17.2 Å². The van der Waals surface area contributed by atoms with Gasteiger partial charge in [0, 0.05) is 12.0 Å². The summed E-state index contributed by atoms with van der Waals surface area (Å²) in [4.78, 5) is 22.4. The Labute approximate surface area is 117 Å². The van der Waals surface area contributed by atoms with Crippen molar-refractivity contribution in [2.24, 2.45) is 0 Å². The van der Waals surface area contributed by atoms with E-state index < -0.39 is 0 Å². The van der Waals surface area contributed by atoms with Crippen LogP contribution < -0.4 is 5.32 Å². The number of carbonyl (C=O) groups excluding carboxylic acids is 2. The lowest BCUT2D eigenvalue weighted by molar-refractivity contribution is -0.144. The van der Waals surface area contributed by atoms with Crippen molar-refractivity contribution in [1.82, 2.24) is 5.32 Å². The van der Waals surface area contributed by atoms with Crippen molar-refractivity contribution in [3.8, 4) is 11.8 Å². The molecule has 1 amide bonds. The predicted molar refractivity (Wildman–Crippen MR) is 72.2 cm³/mol. The standard InChI is InChI=1S/C15H16FNO3/c1-2-20-15(19)10-9-14(18)17-11-3-4-12-5-7-13(16)8-6-12/h5-8H,2,9-11H2,1H3,(H,17,18). The number of halogens is 1. The molecule has 0 heterocycles. The van der Waals surface area contributed by atoms with Crippen LogP contribution in [0.5, 0.6) is 0 Å². The fraction of sp³-hybridized carbons (Fsp3) is 0.333. The van der Waals surface area contributed by atoms with Crippen molar-refractivity contribution in [2.45, 2.75) is 19.8 Å². The topological polar surface area (TPSA) is 55.4 Å². The van der Waals surface area contributed by atoms with Gasteiger partial charge in [0.1, 0.15) is 5.82 Å². The van der Waals surface area contributed by atoms with E-state index in [0.29, 0.717) is 12.2 Å². The SMILES string of the molecule is CCOC(=O)CCC(=O)NCC#Cc1ccc(F)cc1. The first-order valence-corrected chi connectivity index (χ1v) is 6.28. The van der Waals surface area contributed by atoms with E-state index in [1.807, 2.05) is 0 Å². The minimum atomic E-state index is -0.389. The summed E-state index contributed by atoms with van der Waals surface area (Å²) in [5, 5.41) is 2.57. The Kier molecular flexibility index (Phi) is 6.83. The molecular formula is C15H16FNO3. The first-order valence-electron chi connectivity index (χ1n) is 6.28.